The molecule has 3 saturated carbocycles. The van der Waals surface area contributed by atoms with Gasteiger partial charge in [0.1, 0.15) is 11.4 Å². The molecule has 4 rings (SSSR count). The molecule has 0 spiro atoms. The highest BCUT2D eigenvalue weighted by atomic mass is 16.5. The van der Waals surface area contributed by atoms with E-state index in [9.17, 15) is 24.3 Å². The smallest absolute Gasteiger partial charge is 0.341 e. The van der Waals surface area contributed by atoms with E-state index in [1.165, 1.54) is 7.11 Å². The van der Waals surface area contributed by atoms with Gasteiger partial charge in [-0.15, -0.1) is 0 Å². The molecule has 1 N–H and O–H groups in total. The van der Waals surface area contributed by atoms with Gasteiger partial charge in [0.05, 0.1) is 18.6 Å². The number of ether oxygens (including phenoxy) is 1. The predicted molar refractivity (Wildman–Crippen MR) is 117 cm³/mol. The van der Waals surface area contributed by atoms with Gasteiger partial charge in [0.25, 0.3) is 0 Å². The average molecular weight is 445 g/mol. The molecule has 0 unspecified atom stereocenters. The van der Waals surface area contributed by atoms with Crippen LogP contribution in [0.1, 0.15) is 74.1 Å². The van der Waals surface area contributed by atoms with Crippen LogP contribution in [0.3, 0.4) is 0 Å². The van der Waals surface area contributed by atoms with Crippen molar-refractivity contribution in [2.24, 2.45) is 38.9 Å². The van der Waals surface area contributed by atoms with Crippen molar-refractivity contribution in [3.8, 4) is 0 Å². The van der Waals surface area contributed by atoms with E-state index in [2.05, 4.69) is 6.92 Å². The maximum atomic E-state index is 14.0. The zero-order valence-electron chi connectivity index (χ0n) is 20.5. The third-order valence-electron chi connectivity index (χ3n) is 10.9. The second-order valence-corrected chi connectivity index (χ2v) is 12.1. The Labute approximate surface area is 190 Å². The quantitative estimate of drug-likeness (QED) is 0.378. The Balaban J connectivity index is 1.99. The number of hydrogen-bond acceptors (Lipinski definition) is 6. The highest BCUT2D eigenvalue weighted by molar-refractivity contribution is 6.30. The van der Waals surface area contributed by atoms with Gasteiger partial charge in [-0.2, -0.15) is 0 Å². The summed E-state index contributed by atoms with van der Waals surface area (Å²) in [6, 6.07) is 0. The van der Waals surface area contributed by atoms with Gasteiger partial charge in [-0.3, -0.25) is 14.4 Å². The van der Waals surface area contributed by atoms with Crippen LogP contribution in [0, 0.1) is 38.9 Å². The van der Waals surface area contributed by atoms with E-state index in [1.54, 1.807) is 13.8 Å². The number of rotatable bonds is 1. The van der Waals surface area contributed by atoms with E-state index in [-0.39, 0.29) is 35.4 Å². The maximum Gasteiger partial charge on any atom is 0.341 e. The maximum absolute atomic E-state index is 14.0. The fourth-order valence-corrected chi connectivity index (χ4v) is 8.40. The number of Topliss-reactive ketones (excluding diaryl/α,β-unsaturated/α-hetero) is 3. The summed E-state index contributed by atoms with van der Waals surface area (Å²) in [7, 11) is 1.25. The Morgan fingerprint density at radius 2 is 1.62 bits per heavy atom. The van der Waals surface area contributed by atoms with Crippen LogP contribution in [-0.4, -0.2) is 41.6 Å². The average Bonchev–Trinajstić information content (AvgIpc) is 2.72. The zero-order chi connectivity index (χ0) is 24.2. The molecule has 0 aromatic rings. The van der Waals surface area contributed by atoms with Crippen LogP contribution in [0.2, 0.25) is 0 Å². The summed E-state index contributed by atoms with van der Waals surface area (Å²) in [6.07, 6.45) is 0.912. The molecular weight excluding hydrogens is 408 g/mol. The second kappa shape index (κ2) is 6.40. The summed E-state index contributed by atoms with van der Waals surface area (Å²) >= 11 is 0. The molecule has 6 heteroatoms. The number of aliphatic hydroxyl groups is 1. The monoisotopic (exact) mass is 444 g/mol. The first-order valence-electron chi connectivity index (χ1n) is 11.7. The molecule has 6 nitrogen and oxygen atoms in total. The molecule has 0 heterocycles. The van der Waals surface area contributed by atoms with Crippen molar-refractivity contribution in [3.63, 3.8) is 0 Å². The minimum Gasteiger partial charge on any atom is -0.465 e. The van der Waals surface area contributed by atoms with E-state index in [0.717, 1.165) is 0 Å². The van der Waals surface area contributed by atoms with Gasteiger partial charge in [0, 0.05) is 22.7 Å². The van der Waals surface area contributed by atoms with Crippen molar-refractivity contribution in [1.29, 1.82) is 0 Å². The summed E-state index contributed by atoms with van der Waals surface area (Å²) in [5, 5.41) is 11.3. The van der Waals surface area contributed by atoms with Gasteiger partial charge in [0.2, 0.25) is 0 Å². The standard InChI is InChI=1S/C26H36O6/c1-13-18(20(30)32-8)19(29)26(7)21(31)23(13,4)12-15-24(26,5)10-9-14-22(2,3)16(27)11-17(28)25(14,15)6/h14-15,17,28H,9-12H2,1-8H3/t14-,15-,17+,23+,24+,25-,26-/m0/s1. The van der Waals surface area contributed by atoms with Crippen LogP contribution in [0.4, 0.5) is 0 Å². The lowest BCUT2D eigenvalue weighted by Crippen LogP contribution is -2.73. The molecule has 2 bridgehead atoms. The van der Waals surface area contributed by atoms with Gasteiger partial charge >= 0.3 is 5.97 Å². The minimum absolute atomic E-state index is 0.00347. The predicted octanol–water partition coefficient (Wildman–Crippen LogP) is 3.44. The Morgan fingerprint density at radius 1 is 1.03 bits per heavy atom. The van der Waals surface area contributed by atoms with E-state index in [0.29, 0.717) is 24.8 Å². The summed E-state index contributed by atoms with van der Waals surface area (Å²) < 4.78 is 4.95. The summed E-state index contributed by atoms with van der Waals surface area (Å²) in [6.45, 7) is 13.2. The van der Waals surface area contributed by atoms with Crippen molar-refractivity contribution in [3.05, 3.63) is 11.1 Å². The van der Waals surface area contributed by atoms with E-state index >= 15 is 0 Å². The van der Waals surface area contributed by atoms with Crippen LogP contribution >= 0.6 is 0 Å². The minimum atomic E-state index is -1.40. The lowest BCUT2D eigenvalue weighted by Gasteiger charge is -2.70. The molecule has 32 heavy (non-hydrogen) atoms. The summed E-state index contributed by atoms with van der Waals surface area (Å²) in [4.78, 5) is 53.4. The van der Waals surface area contributed by atoms with Crippen molar-refractivity contribution >= 4 is 23.3 Å². The number of fused-ring (bicyclic) bond motifs is 6. The Bertz CT molecular complexity index is 990. The number of esters is 1. The second-order valence-electron chi connectivity index (χ2n) is 12.1. The molecule has 4 aliphatic carbocycles. The third kappa shape index (κ3) is 2.25. The molecule has 0 saturated heterocycles. The van der Waals surface area contributed by atoms with E-state index < -0.39 is 44.9 Å². The van der Waals surface area contributed by atoms with E-state index in [1.807, 2.05) is 27.7 Å². The lowest BCUT2D eigenvalue weighted by atomic mass is 9.31. The summed E-state index contributed by atoms with van der Waals surface area (Å²) in [5.41, 5.74) is -3.89. The zero-order valence-corrected chi connectivity index (χ0v) is 20.5. The fraction of sp³-hybridized carbons (Fsp3) is 0.769. The van der Waals surface area contributed by atoms with Crippen LogP contribution in [0.25, 0.3) is 0 Å². The van der Waals surface area contributed by atoms with Crippen molar-refractivity contribution in [1.82, 2.24) is 0 Å². The molecule has 176 valence electrons. The molecule has 0 radical (unpaired) electrons. The topological polar surface area (TPSA) is 97.7 Å². The van der Waals surface area contributed by atoms with Gasteiger partial charge in [0.15, 0.2) is 11.6 Å². The molecule has 4 aliphatic rings. The first-order valence-corrected chi connectivity index (χ1v) is 11.7. The Hall–Kier alpha value is -1.82. The van der Waals surface area contributed by atoms with Crippen molar-refractivity contribution in [2.75, 3.05) is 7.11 Å². The molecule has 7 atom stereocenters. The van der Waals surface area contributed by atoms with Crippen LogP contribution in [-0.2, 0) is 23.9 Å². The summed E-state index contributed by atoms with van der Waals surface area (Å²) in [5.74, 6) is -1.43. The SMILES string of the molecule is COC(=O)C1=C(C)[C@@]2(C)C[C@@H]3[C@@]4(C)[C@H](O)CC(=O)C(C)(C)[C@@H]4CC[C@@]3(C)[C@@](C)(C1=O)C2=O. The van der Waals surface area contributed by atoms with E-state index in [4.69, 9.17) is 4.74 Å². The molecule has 0 amide bonds. The van der Waals surface area contributed by atoms with Crippen LogP contribution < -0.4 is 0 Å². The number of carbonyl (C=O) groups is 4. The molecule has 3 fully saturated rings. The Morgan fingerprint density at radius 3 is 2.19 bits per heavy atom. The van der Waals surface area contributed by atoms with Gasteiger partial charge in [-0.1, -0.05) is 27.7 Å². The number of allylic oxidation sites excluding steroid dienone is 1. The Kier molecular flexibility index (Phi) is 4.67. The molecule has 0 aliphatic heterocycles. The van der Waals surface area contributed by atoms with Crippen molar-refractivity contribution in [2.45, 2.75) is 80.3 Å². The normalized spacial score (nSPS) is 47.7. The number of methoxy groups -OCH3 is 1. The molecule has 0 aromatic heterocycles. The number of hydrogen-bond donors (Lipinski definition) is 1. The number of ketones is 3. The highest BCUT2D eigenvalue weighted by Gasteiger charge is 2.76. The first kappa shape index (κ1) is 23.3. The van der Waals surface area contributed by atoms with Crippen LogP contribution in [0.15, 0.2) is 11.1 Å². The van der Waals surface area contributed by atoms with Crippen molar-refractivity contribution < 1.29 is 29.0 Å². The third-order valence-corrected chi connectivity index (χ3v) is 10.9. The number of carbonyl (C=O) groups excluding carboxylic acids is 4. The van der Waals surface area contributed by atoms with Gasteiger partial charge in [-0.25, -0.2) is 4.79 Å². The first-order chi connectivity index (χ1) is 14.6. The lowest BCUT2D eigenvalue weighted by molar-refractivity contribution is -0.229. The van der Waals surface area contributed by atoms with Gasteiger partial charge in [-0.05, 0) is 62.9 Å². The van der Waals surface area contributed by atoms with Crippen LogP contribution in [0.5, 0.6) is 0 Å². The highest BCUT2D eigenvalue weighted by Crippen LogP contribution is 2.74. The molecular formula is C26H36O6. The fourth-order valence-electron chi connectivity index (χ4n) is 8.40. The van der Waals surface area contributed by atoms with Gasteiger partial charge < -0.3 is 9.84 Å². The largest absolute Gasteiger partial charge is 0.465 e. The number of aliphatic hydroxyl groups excluding tert-OH is 1. The molecule has 0 aromatic carbocycles.